The summed E-state index contributed by atoms with van der Waals surface area (Å²) in [5.41, 5.74) is -1.23. The molecule has 0 fully saturated rings. The molecule has 0 aliphatic carbocycles. The fraction of sp³-hybridized carbons (Fsp3) is 0.400. The Balaban J connectivity index is 3.25. The average Bonchev–Trinajstić information content (AvgIpc) is 2.27. The second kappa shape index (κ2) is 5.25. The van der Waals surface area contributed by atoms with E-state index in [0.29, 0.717) is 6.07 Å². The van der Waals surface area contributed by atoms with Crippen molar-refractivity contribution in [3.05, 3.63) is 29.8 Å². The molecule has 0 aromatic heterocycles. The summed E-state index contributed by atoms with van der Waals surface area (Å²) in [5, 5.41) is 8.73. The number of aliphatic hydroxyl groups is 1. The summed E-state index contributed by atoms with van der Waals surface area (Å²) in [5.74, 6) is 0. The molecule has 0 amide bonds. The predicted molar refractivity (Wildman–Crippen MR) is 58.3 cm³/mol. The molecule has 102 valence electrons. The Kier molecular flexibility index (Phi) is 4.36. The van der Waals surface area contributed by atoms with E-state index < -0.39 is 39.3 Å². The molecule has 0 aliphatic rings. The van der Waals surface area contributed by atoms with Crippen LogP contribution < -0.4 is 4.72 Å². The van der Waals surface area contributed by atoms with Crippen LogP contribution in [-0.4, -0.2) is 26.2 Å². The zero-order valence-electron chi connectivity index (χ0n) is 9.40. The highest BCUT2D eigenvalue weighted by atomic mass is 32.2. The van der Waals surface area contributed by atoms with Gasteiger partial charge in [-0.25, -0.2) is 13.1 Å². The van der Waals surface area contributed by atoms with Crippen LogP contribution in [-0.2, 0) is 16.2 Å². The van der Waals surface area contributed by atoms with Gasteiger partial charge in [-0.2, -0.15) is 13.2 Å². The lowest BCUT2D eigenvalue weighted by Gasteiger charge is -2.15. The SMILES string of the molecule is C[C@@H](CO)NS(=O)(=O)c1ccccc1C(F)(F)F. The number of alkyl halides is 3. The minimum atomic E-state index is -4.76. The van der Waals surface area contributed by atoms with Crippen molar-refractivity contribution in [2.45, 2.75) is 24.0 Å². The van der Waals surface area contributed by atoms with Gasteiger partial charge in [0.15, 0.2) is 0 Å². The molecule has 0 bridgehead atoms. The highest BCUT2D eigenvalue weighted by molar-refractivity contribution is 7.89. The van der Waals surface area contributed by atoms with Gasteiger partial charge in [0.25, 0.3) is 0 Å². The van der Waals surface area contributed by atoms with E-state index in [1.807, 2.05) is 4.72 Å². The molecule has 1 rings (SSSR count). The van der Waals surface area contributed by atoms with Crippen LogP contribution in [0.3, 0.4) is 0 Å². The van der Waals surface area contributed by atoms with E-state index in [-0.39, 0.29) is 0 Å². The Bertz CT molecular complexity index is 513. The summed E-state index contributed by atoms with van der Waals surface area (Å²) in [6.45, 7) is 0.834. The summed E-state index contributed by atoms with van der Waals surface area (Å²) >= 11 is 0. The van der Waals surface area contributed by atoms with Gasteiger partial charge >= 0.3 is 6.18 Å². The molecule has 0 aliphatic heterocycles. The van der Waals surface area contributed by atoms with E-state index in [1.165, 1.54) is 13.0 Å². The zero-order chi connectivity index (χ0) is 14.0. The molecule has 0 spiro atoms. The molecule has 2 N–H and O–H groups in total. The standard InChI is InChI=1S/C10H12F3NO3S/c1-7(6-15)14-18(16,17)9-5-3-2-4-8(9)10(11,12)13/h2-5,7,14-15H,6H2,1H3/t7-/m0/s1. The Labute approximate surface area is 102 Å². The van der Waals surface area contributed by atoms with Crippen LogP contribution in [0.15, 0.2) is 29.2 Å². The normalized spacial score (nSPS) is 14.5. The third kappa shape index (κ3) is 3.44. The smallest absolute Gasteiger partial charge is 0.395 e. The number of halogens is 3. The number of nitrogens with one attached hydrogen (secondary N) is 1. The molecule has 1 aromatic rings. The highest BCUT2D eigenvalue weighted by Gasteiger charge is 2.37. The third-order valence-corrected chi connectivity index (χ3v) is 3.76. The summed E-state index contributed by atoms with van der Waals surface area (Å²) in [4.78, 5) is -0.849. The highest BCUT2D eigenvalue weighted by Crippen LogP contribution is 2.33. The zero-order valence-corrected chi connectivity index (χ0v) is 10.2. The van der Waals surface area contributed by atoms with Gasteiger partial charge in [0.2, 0.25) is 10.0 Å². The van der Waals surface area contributed by atoms with Crippen molar-refractivity contribution in [3.8, 4) is 0 Å². The summed E-state index contributed by atoms with van der Waals surface area (Å²) < 4.78 is 63.4. The molecule has 8 heteroatoms. The molecule has 0 heterocycles. The van der Waals surface area contributed by atoms with Crippen molar-refractivity contribution in [1.82, 2.24) is 4.72 Å². The number of aliphatic hydroxyl groups excluding tert-OH is 1. The van der Waals surface area contributed by atoms with Gasteiger partial charge in [0.1, 0.15) is 0 Å². The van der Waals surface area contributed by atoms with Crippen LogP contribution in [0.4, 0.5) is 13.2 Å². The first kappa shape index (κ1) is 14.9. The van der Waals surface area contributed by atoms with Crippen LogP contribution in [0.25, 0.3) is 0 Å². The van der Waals surface area contributed by atoms with Crippen molar-refractivity contribution in [2.24, 2.45) is 0 Å². The molecule has 0 unspecified atom stereocenters. The molecule has 1 aromatic carbocycles. The Morgan fingerprint density at radius 1 is 1.33 bits per heavy atom. The molecule has 1 atom stereocenters. The minimum Gasteiger partial charge on any atom is -0.395 e. The predicted octanol–water partition coefficient (Wildman–Crippen LogP) is 1.36. The number of benzene rings is 1. The molecule has 0 saturated carbocycles. The lowest BCUT2D eigenvalue weighted by atomic mass is 10.2. The van der Waals surface area contributed by atoms with Crippen molar-refractivity contribution < 1.29 is 26.7 Å². The number of sulfonamides is 1. The van der Waals surface area contributed by atoms with Gasteiger partial charge in [-0.15, -0.1) is 0 Å². The molecule has 18 heavy (non-hydrogen) atoms. The molecular weight excluding hydrogens is 271 g/mol. The fourth-order valence-electron chi connectivity index (χ4n) is 1.30. The molecule has 4 nitrogen and oxygen atoms in total. The van der Waals surface area contributed by atoms with Crippen molar-refractivity contribution in [3.63, 3.8) is 0 Å². The third-order valence-electron chi connectivity index (χ3n) is 2.11. The summed E-state index contributed by atoms with van der Waals surface area (Å²) in [7, 11) is -4.32. The van der Waals surface area contributed by atoms with Crippen LogP contribution >= 0.6 is 0 Å². The van der Waals surface area contributed by atoms with Gasteiger partial charge in [0.05, 0.1) is 17.1 Å². The average molecular weight is 283 g/mol. The second-order valence-electron chi connectivity index (χ2n) is 3.70. The monoisotopic (exact) mass is 283 g/mol. The lowest BCUT2D eigenvalue weighted by molar-refractivity contribution is -0.139. The second-order valence-corrected chi connectivity index (χ2v) is 5.38. The lowest BCUT2D eigenvalue weighted by Crippen LogP contribution is -2.36. The van der Waals surface area contributed by atoms with Gasteiger partial charge in [-0.1, -0.05) is 12.1 Å². The van der Waals surface area contributed by atoms with E-state index in [9.17, 15) is 21.6 Å². The Hall–Kier alpha value is -1.12. The van der Waals surface area contributed by atoms with Crippen molar-refractivity contribution >= 4 is 10.0 Å². The summed E-state index contributed by atoms with van der Waals surface area (Å²) in [6, 6.07) is 3.01. The van der Waals surface area contributed by atoms with Crippen LogP contribution in [0.1, 0.15) is 12.5 Å². The maximum Gasteiger partial charge on any atom is 0.417 e. The largest absolute Gasteiger partial charge is 0.417 e. The van der Waals surface area contributed by atoms with E-state index >= 15 is 0 Å². The topological polar surface area (TPSA) is 66.4 Å². The summed E-state index contributed by atoms with van der Waals surface area (Å²) in [6.07, 6.45) is -4.76. The molecule has 0 radical (unpaired) electrons. The first-order chi connectivity index (χ1) is 8.18. The quantitative estimate of drug-likeness (QED) is 0.877. The van der Waals surface area contributed by atoms with Gasteiger partial charge in [0, 0.05) is 6.04 Å². The number of hydrogen-bond donors (Lipinski definition) is 2. The maximum atomic E-state index is 12.7. The van der Waals surface area contributed by atoms with E-state index in [2.05, 4.69) is 0 Å². The van der Waals surface area contributed by atoms with E-state index in [4.69, 9.17) is 5.11 Å². The van der Waals surface area contributed by atoms with Gasteiger partial charge in [-0.3, -0.25) is 0 Å². The molecule has 0 saturated heterocycles. The van der Waals surface area contributed by atoms with E-state index in [1.54, 1.807) is 0 Å². The first-order valence-corrected chi connectivity index (χ1v) is 6.46. The number of rotatable bonds is 4. The van der Waals surface area contributed by atoms with Crippen molar-refractivity contribution in [2.75, 3.05) is 6.61 Å². The van der Waals surface area contributed by atoms with E-state index in [0.717, 1.165) is 12.1 Å². The Morgan fingerprint density at radius 3 is 2.39 bits per heavy atom. The fourth-order valence-corrected chi connectivity index (χ4v) is 2.76. The minimum absolute atomic E-state index is 0.507. The van der Waals surface area contributed by atoms with Crippen molar-refractivity contribution in [1.29, 1.82) is 0 Å². The van der Waals surface area contributed by atoms with Crippen LogP contribution in [0, 0.1) is 0 Å². The Morgan fingerprint density at radius 2 is 1.89 bits per heavy atom. The number of hydrogen-bond acceptors (Lipinski definition) is 3. The van der Waals surface area contributed by atoms with Crippen LogP contribution in [0.5, 0.6) is 0 Å². The van der Waals surface area contributed by atoms with Gasteiger partial charge in [-0.05, 0) is 19.1 Å². The van der Waals surface area contributed by atoms with Gasteiger partial charge < -0.3 is 5.11 Å². The maximum absolute atomic E-state index is 12.7. The first-order valence-electron chi connectivity index (χ1n) is 4.98. The van der Waals surface area contributed by atoms with Crippen LogP contribution in [0.2, 0.25) is 0 Å². The molecular formula is C10H12F3NO3S.